The molecular formula is C19H24N4O3S2. The van der Waals surface area contributed by atoms with Crippen molar-refractivity contribution in [2.24, 2.45) is 7.05 Å². The van der Waals surface area contributed by atoms with Crippen LogP contribution in [-0.2, 0) is 16.6 Å². The van der Waals surface area contributed by atoms with Crippen LogP contribution in [0.4, 0.5) is 5.82 Å². The highest BCUT2D eigenvalue weighted by Gasteiger charge is 2.32. The molecule has 1 aromatic rings. The number of carbonyl (C=O) groups excluding carboxylic acids is 1. The van der Waals surface area contributed by atoms with Crippen molar-refractivity contribution in [2.75, 3.05) is 38.3 Å². The van der Waals surface area contributed by atoms with E-state index in [-0.39, 0.29) is 17.0 Å². The summed E-state index contributed by atoms with van der Waals surface area (Å²) in [6, 6.07) is 2.00. The van der Waals surface area contributed by atoms with Gasteiger partial charge in [0.15, 0.2) is 0 Å². The minimum atomic E-state index is -0.341. The fourth-order valence-electron chi connectivity index (χ4n) is 3.12. The largest absolute Gasteiger partial charge is 0.383 e. The van der Waals surface area contributed by atoms with E-state index in [0.29, 0.717) is 52.4 Å². The molecular weight excluding hydrogens is 396 g/mol. The van der Waals surface area contributed by atoms with Crippen molar-refractivity contribution >= 4 is 46.1 Å². The van der Waals surface area contributed by atoms with Crippen molar-refractivity contribution in [3.8, 4) is 6.07 Å². The molecule has 7 nitrogen and oxygen atoms in total. The number of pyridine rings is 1. The number of methoxy groups -OCH3 is 1. The number of aromatic nitrogens is 1. The Morgan fingerprint density at radius 2 is 1.96 bits per heavy atom. The van der Waals surface area contributed by atoms with Crippen molar-refractivity contribution in [1.29, 1.82) is 5.26 Å². The van der Waals surface area contributed by atoms with Crippen LogP contribution in [0.2, 0.25) is 0 Å². The standard InChI is InChI=1S/C19H24N4O3S2/c1-6-22(7-2)16-13(12(3)14(11-20)17(24)21(16)4)10-15-18(25)23(8-9-26-5)19(27)28-15/h10H,6-9H2,1-5H3. The van der Waals surface area contributed by atoms with Gasteiger partial charge in [-0.3, -0.25) is 19.1 Å². The predicted molar refractivity (Wildman–Crippen MR) is 116 cm³/mol. The molecule has 1 saturated heterocycles. The second-order valence-corrected chi connectivity index (χ2v) is 7.89. The SMILES string of the molecule is CCN(CC)c1c(C=C2SC(=S)N(CCOC)C2=O)c(C)c(C#N)c(=O)n1C. The molecule has 9 heteroatoms. The van der Waals surface area contributed by atoms with Gasteiger partial charge in [-0.2, -0.15) is 5.26 Å². The summed E-state index contributed by atoms with van der Waals surface area (Å²) < 4.78 is 7.00. The average molecular weight is 421 g/mol. The molecule has 0 atom stereocenters. The summed E-state index contributed by atoms with van der Waals surface area (Å²) in [4.78, 5) is 29.5. The van der Waals surface area contributed by atoms with E-state index < -0.39 is 0 Å². The minimum Gasteiger partial charge on any atom is -0.383 e. The monoisotopic (exact) mass is 420 g/mol. The van der Waals surface area contributed by atoms with Crippen LogP contribution < -0.4 is 10.5 Å². The van der Waals surface area contributed by atoms with Crippen LogP contribution in [0.5, 0.6) is 0 Å². The highest BCUT2D eigenvalue weighted by molar-refractivity contribution is 8.26. The third-order valence-electron chi connectivity index (χ3n) is 4.70. The Labute approximate surface area is 174 Å². The van der Waals surface area contributed by atoms with Crippen molar-refractivity contribution < 1.29 is 9.53 Å². The molecule has 1 fully saturated rings. The van der Waals surface area contributed by atoms with Gasteiger partial charge >= 0.3 is 0 Å². The Bertz CT molecular complexity index is 927. The van der Waals surface area contributed by atoms with Gasteiger partial charge in [-0.15, -0.1) is 0 Å². The number of anilines is 1. The number of rotatable bonds is 7. The predicted octanol–water partition coefficient (Wildman–Crippen LogP) is 2.26. The van der Waals surface area contributed by atoms with Crippen LogP contribution in [0.25, 0.3) is 6.08 Å². The van der Waals surface area contributed by atoms with Crippen molar-refractivity contribution in [3.05, 3.63) is 31.9 Å². The van der Waals surface area contributed by atoms with Gasteiger partial charge in [0.1, 0.15) is 21.8 Å². The van der Waals surface area contributed by atoms with E-state index in [9.17, 15) is 14.9 Å². The number of carbonyl (C=O) groups is 1. The first kappa shape index (κ1) is 22.1. The molecule has 150 valence electrons. The zero-order valence-electron chi connectivity index (χ0n) is 16.7. The van der Waals surface area contributed by atoms with Crippen LogP contribution in [0.15, 0.2) is 9.70 Å². The Morgan fingerprint density at radius 3 is 2.50 bits per heavy atom. The molecule has 0 bridgehead atoms. The number of hydrogen-bond donors (Lipinski definition) is 0. The summed E-state index contributed by atoms with van der Waals surface area (Å²) in [5.74, 6) is 0.498. The lowest BCUT2D eigenvalue weighted by atomic mass is 10.0. The molecule has 1 aromatic heterocycles. The summed E-state index contributed by atoms with van der Waals surface area (Å²) in [6.45, 7) is 7.88. The maximum absolute atomic E-state index is 12.8. The summed E-state index contributed by atoms with van der Waals surface area (Å²) in [6.07, 6.45) is 1.75. The van der Waals surface area contributed by atoms with E-state index >= 15 is 0 Å². The lowest BCUT2D eigenvalue weighted by Crippen LogP contribution is -2.33. The zero-order valence-corrected chi connectivity index (χ0v) is 18.4. The summed E-state index contributed by atoms with van der Waals surface area (Å²) in [5.41, 5.74) is 0.996. The van der Waals surface area contributed by atoms with Crippen LogP contribution in [0, 0.1) is 18.3 Å². The van der Waals surface area contributed by atoms with Crippen LogP contribution >= 0.6 is 24.0 Å². The van der Waals surface area contributed by atoms with Gasteiger partial charge in [-0.25, -0.2) is 0 Å². The molecule has 0 aromatic carbocycles. The molecule has 2 heterocycles. The van der Waals surface area contributed by atoms with Crippen molar-refractivity contribution in [3.63, 3.8) is 0 Å². The highest BCUT2D eigenvalue weighted by atomic mass is 32.2. The highest BCUT2D eigenvalue weighted by Crippen LogP contribution is 2.35. The van der Waals surface area contributed by atoms with Gasteiger partial charge in [0.2, 0.25) is 0 Å². The average Bonchev–Trinajstić information content (AvgIpc) is 2.94. The fraction of sp³-hybridized carbons (Fsp3) is 0.474. The second kappa shape index (κ2) is 9.37. The molecule has 0 radical (unpaired) electrons. The second-order valence-electron chi connectivity index (χ2n) is 6.21. The fourth-order valence-corrected chi connectivity index (χ4v) is 4.41. The lowest BCUT2D eigenvalue weighted by molar-refractivity contribution is -0.122. The summed E-state index contributed by atoms with van der Waals surface area (Å²) >= 11 is 6.56. The number of nitriles is 1. The summed E-state index contributed by atoms with van der Waals surface area (Å²) in [7, 11) is 3.22. The van der Waals surface area contributed by atoms with E-state index in [1.54, 1.807) is 27.2 Å². The summed E-state index contributed by atoms with van der Waals surface area (Å²) in [5, 5.41) is 9.47. The molecule has 0 aliphatic carbocycles. The van der Waals surface area contributed by atoms with E-state index in [1.807, 2.05) is 24.8 Å². The normalized spacial score (nSPS) is 15.4. The molecule has 0 spiro atoms. The van der Waals surface area contributed by atoms with E-state index in [4.69, 9.17) is 17.0 Å². The number of thioether (sulfide) groups is 1. The van der Waals surface area contributed by atoms with E-state index in [1.165, 1.54) is 21.2 Å². The van der Waals surface area contributed by atoms with Crippen molar-refractivity contribution in [2.45, 2.75) is 20.8 Å². The molecule has 2 rings (SSSR count). The molecule has 1 amide bonds. The molecule has 0 N–H and O–H groups in total. The van der Waals surface area contributed by atoms with Crippen LogP contribution in [0.3, 0.4) is 0 Å². The maximum atomic E-state index is 12.8. The third kappa shape index (κ3) is 3.99. The Morgan fingerprint density at radius 1 is 1.32 bits per heavy atom. The van der Waals surface area contributed by atoms with Gasteiger partial charge < -0.3 is 9.64 Å². The zero-order chi connectivity index (χ0) is 21.0. The molecule has 0 unspecified atom stereocenters. The van der Waals surface area contributed by atoms with Crippen molar-refractivity contribution in [1.82, 2.24) is 9.47 Å². The molecule has 1 aliphatic rings. The first-order valence-corrected chi connectivity index (χ1v) is 10.2. The number of nitrogens with zero attached hydrogens (tertiary/aromatic N) is 4. The van der Waals surface area contributed by atoms with E-state index in [0.717, 1.165) is 0 Å². The first-order chi connectivity index (χ1) is 13.3. The molecule has 0 saturated carbocycles. The Hall–Kier alpha value is -2.15. The Balaban J connectivity index is 2.68. The van der Waals surface area contributed by atoms with Gasteiger partial charge in [0.05, 0.1) is 18.1 Å². The van der Waals surface area contributed by atoms with Gasteiger partial charge in [-0.05, 0) is 32.4 Å². The molecule has 28 heavy (non-hydrogen) atoms. The first-order valence-electron chi connectivity index (χ1n) is 8.95. The number of ether oxygens (including phenoxy) is 1. The number of thiocarbonyl (C=S) groups is 1. The lowest BCUT2D eigenvalue weighted by Gasteiger charge is -2.27. The smallest absolute Gasteiger partial charge is 0.270 e. The van der Waals surface area contributed by atoms with Crippen LogP contribution in [-0.4, -0.2) is 53.0 Å². The van der Waals surface area contributed by atoms with E-state index in [2.05, 4.69) is 0 Å². The maximum Gasteiger partial charge on any atom is 0.270 e. The Kier molecular flexibility index (Phi) is 7.41. The van der Waals surface area contributed by atoms with Gasteiger partial charge in [0.25, 0.3) is 11.5 Å². The quantitative estimate of drug-likeness (QED) is 0.494. The number of hydrogen-bond acceptors (Lipinski definition) is 7. The van der Waals surface area contributed by atoms with Crippen LogP contribution in [0.1, 0.15) is 30.5 Å². The molecule has 1 aliphatic heterocycles. The number of amides is 1. The van der Waals surface area contributed by atoms with Gasteiger partial charge in [-0.1, -0.05) is 24.0 Å². The minimum absolute atomic E-state index is 0.0829. The third-order valence-corrected chi connectivity index (χ3v) is 6.08. The van der Waals surface area contributed by atoms with Gasteiger partial charge in [0, 0.05) is 32.8 Å². The topological polar surface area (TPSA) is 78.6 Å².